The second kappa shape index (κ2) is 7.34. The van der Waals surface area contributed by atoms with Crippen molar-refractivity contribution in [2.24, 2.45) is 0 Å². The van der Waals surface area contributed by atoms with Gasteiger partial charge in [0.2, 0.25) is 5.91 Å². The fourth-order valence-corrected chi connectivity index (χ4v) is 3.72. The zero-order chi connectivity index (χ0) is 18.7. The Morgan fingerprint density at radius 2 is 2.08 bits per heavy atom. The van der Waals surface area contributed by atoms with Crippen LogP contribution in [0.5, 0.6) is 0 Å². The highest BCUT2D eigenvalue weighted by Gasteiger charge is 2.51. The molecule has 2 aliphatic rings. The molecule has 0 bridgehead atoms. The maximum atomic E-state index is 12.5. The van der Waals surface area contributed by atoms with Crippen LogP contribution in [0, 0.1) is 11.3 Å². The number of urea groups is 1. The topological polar surface area (TPSA) is 102 Å². The SMILES string of the molecule is N#Cc1ccc(NC(=O)CCCN2C(=O)NC3(CCCC3)C2=O)cc1Cl. The highest BCUT2D eigenvalue weighted by molar-refractivity contribution is 6.32. The molecule has 1 aliphatic carbocycles. The van der Waals surface area contributed by atoms with Gasteiger partial charge in [-0.25, -0.2) is 4.79 Å². The molecule has 1 saturated carbocycles. The number of nitriles is 1. The predicted octanol–water partition coefficient (Wildman–Crippen LogP) is 2.79. The summed E-state index contributed by atoms with van der Waals surface area (Å²) in [6.45, 7) is 0.216. The number of carbonyl (C=O) groups excluding carboxylic acids is 3. The minimum Gasteiger partial charge on any atom is -0.326 e. The number of hydrogen-bond acceptors (Lipinski definition) is 4. The Balaban J connectivity index is 1.50. The van der Waals surface area contributed by atoms with Crippen molar-refractivity contribution in [2.45, 2.75) is 44.1 Å². The van der Waals surface area contributed by atoms with Crippen LogP contribution in [0.25, 0.3) is 0 Å². The molecule has 0 aromatic heterocycles. The van der Waals surface area contributed by atoms with Crippen LogP contribution in [0.3, 0.4) is 0 Å². The Morgan fingerprint density at radius 1 is 1.35 bits per heavy atom. The first-order chi connectivity index (χ1) is 12.4. The first kappa shape index (κ1) is 18.2. The lowest BCUT2D eigenvalue weighted by atomic mass is 9.98. The van der Waals surface area contributed by atoms with Crippen molar-refractivity contribution in [3.8, 4) is 6.07 Å². The molecule has 0 radical (unpaired) electrons. The number of imide groups is 1. The number of benzene rings is 1. The van der Waals surface area contributed by atoms with Gasteiger partial charge < -0.3 is 10.6 Å². The molecular weight excluding hydrogens is 356 g/mol. The van der Waals surface area contributed by atoms with E-state index in [1.165, 1.54) is 17.0 Å². The summed E-state index contributed by atoms with van der Waals surface area (Å²) < 4.78 is 0. The van der Waals surface area contributed by atoms with Gasteiger partial charge in [0.05, 0.1) is 10.6 Å². The number of hydrogen-bond donors (Lipinski definition) is 2. The van der Waals surface area contributed by atoms with Gasteiger partial charge in [0.1, 0.15) is 11.6 Å². The second-order valence-electron chi connectivity index (χ2n) is 6.63. The number of rotatable bonds is 5. The smallest absolute Gasteiger partial charge is 0.325 e. The first-order valence-electron chi connectivity index (χ1n) is 8.59. The normalized spacial score (nSPS) is 18.1. The number of amides is 4. The monoisotopic (exact) mass is 374 g/mol. The molecule has 7 nitrogen and oxygen atoms in total. The van der Waals surface area contributed by atoms with Crippen molar-refractivity contribution in [2.75, 3.05) is 11.9 Å². The Labute approximate surface area is 156 Å². The van der Waals surface area contributed by atoms with Crippen LogP contribution in [-0.4, -0.2) is 34.8 Å². The first-order valence-corrected chi connectivity index (χ1v) is 8.97. The van der Waals surface area contributed by atoms with E-state index < -0.39 is 5.54 Å². The largest absolute Gasteiger partial charge is 0.326 e. The summed E-state index contributed by atoms with van der Waals surface area (Å²) in [5, 5.41) is 14.6. The van der Waals surface area contributed by atoms with Crippen LogP contribution >= 0.6 is 11.6 Å². The maximum absolute atomic E-state index is 12.5. The molecule has 1 aliphatic heterocycles. The molecule has 2 N–H and O–H groups in total. The van der Waals surface area contributed by atoms with Gasteiger partial charge in [0, 0.05) is 18.7 Å². The Morgan fingerprint density at radius 3 is 2.73 bits per heavy atom. The fourth-order valence-electron chi connectivity index (χ4n) is 3.50. The average molecular weight is 375 g/mol. The van der Waals surface area contributed by atoms with Crippen molar-refractivity contribution in [3.05, 3.63) is 28.8 Å². The second-order valence-corrected chi connectivity index (χ2v) is 7.04. The molecule has 2 fully saturated rings. The maximum Gasteiger partial charge on any atom is 0.325 e. The predicted molar refractivity (Wildman–Crippen MR) is 95.5 cm³/mol. The van der Waals surface area contributed by atoms with Gasteiger partial charge >= 0.3 is 6.03 Å². The van der Waals surface area contributed by atoms with Gasteiger partial charge in [-0.1, -0.05) is 24.4 Å². The van der Waals surface area contributed by atoms with E-state index in [0.29, 0.717) is 30.5 Å². The van der Waals surface area contributed by atoms with E-state index >= 15 is 0 Å². The third-order valence-electron chi connectivity index (χ3n) is 4.86. The van der Waals surface area contributed by atoms with Gasteiger partial charge in [0.25, 0.3) is 5.91 Å². The third kappa shape index (κ3) is 3.51. The summed E-state index contributed by atoms with van der Waals surface area (Å²) in [6, 6.07) is 6.23. The molecule has 0 atom stereocenters. The summed E-state index contributed by atoms with van der Waals surface area (Å²) in [5.41, 5.74) is 0.126. The zero-order valence-electron chi connectivity index (χ0n) is 14.2. The summed E-state index contributed by atoms with van der Waals surface area (Å²) in [5.74, 6) is -0.410. The van der Waals surface area contributed by atoms with Crippen molar-refractivity contribution in [1.29, 1.82) is 5.26 Å². The van der Waals surface area contributed by atoms with Crippen LogP contribution < -0.4 is 10.6 Å². The van der Waals surface area contributed by atoms with E-state index in [0.717, 1.165) is 12.8 Å². The third-order valence-corrected chi connectivity index (χ3v) is 5.17. The van der Waals surface area contributed by atoms with Gasteiger partial charge in [-0.2, -0.15) is 5.26 Å². The van der Waals surface area contributed by atoms with Gasteiger partial charge in [-0.15, -0.1) is 0 Å². The Kier molecular flexibility index (Phi) is 5.14. The van der Waals surface area contributed by atoms with Gasteiger partial charge in [-0.3, -0.25) is 14.5 Å². The summed E-state index contributed by atoms with van der Waals surface area (Å²) in [7, 11) is 0. The molecule has 1 heterocycles. The van der Waals surface area contributed by atoms with E-state index in [4.69, 9.17) is 16.9 Å². The fraction of sp³-hybridized carbons (Fsp3) is 0.444. The number of halogens is 1. The van der Waals surface area contributed by atoms with Gasteiger partial charge in [0.15, 0.2) is 0 Å². The van der Waals surface area contributed by atoms with Crippen LogP contribution in [0.15, 0.2) is 18.2 Å². The van der Waals surface area contributed by atoms with Gasteiger partial charge in [-0.05, 0) is 37.5 Å². The lowest BCUT2D eigenvalue weighted by molar-refractivity contribution is -0.131. The molecule has 1 saturated heterocycles. The van der Waals surface area contributed by atoms with Crippen LogP contribution in [-0.2, 0) is 9.59 Å². The van der Waals surface area contributed by atoms with E-state index in [2.05, 4.69) is 10.6 Å². The Hall–Kier alpha value is -2.59. The lowest BCUT2D eigenvalue weighted by Gasteiger charge is -2.19. The standard InChI is InChI=1S/C18H19ClN4O3/c19-14-10-13(6-5-12(14)11-20)21-15(24)4-3-9-23-16(25)18(22-17(23)26)7-1-2-8-18/h5-6,10H,1-4,7-9H2,(H,21,24)(H,22,26). The number of nitrogens with one attached hydrogen (secondary N) is 2. The molecule has 4 amide bonds. The molecule has 1 aromatic carbocycles. The summed E-state index contributed by atoms with van der Waals surface area (Å²) in [4.78, 5) is 37.8. The molecule has 136 valence electrons. The van der Waals surface area contributed by atoms with Crippen LogP contribution in [0.4, 0.5) is 10.5 Å². The van der Waals surface area contributed by atoms with Crippen molar-refractivity contribution in [1.82, 2.24) is 10.2 Å². The molecule has 1 aromatic rings. The molecule has 8 heteroatoms. The zero-order valence-corrected chi connectivity index (χ0v) is 14.9. The quantitative estimate of drug-likeness (QED) is 0.773. The summed E-state index contributed by atoms with van der Waals surface area (Å²) in [6.07, 6.45) is 3.81. The van der Waals surface area contributed by atoms with E-state index in [-0.39, 0.29) is 35.8 Å². The van der Waals surface area contributed by atoms with Crippen molar-refractivity contribution in [3.63, 3.8) is 0 Å². The van der Waals surface area contributed by atoms with E-state index in [1.54, 1.807) is 6.07 Å². The minimum atomic E-state index is -0.710. The minimum absolute atomic E-state index is 0.167. The van der Waals surface area contributed by atoms with Crippen molar-refractivity contribution < 1.29 is 14.4 Å². The number of nitrogens with zero attached hydrogens (tertiary/aromatic N) is 2. The molecule has 26 heavy (non-hydrogen) atoms. The lowest BCUT2D eigenvalue weighted by Crippen LogP contribution is -2.44. The molecule has 1 spiro atoms. The van der Waals surface area contributed by atoms with Crippen molar-refractivity contribution >= 4 is 35.1 Å². The van der Waals surface area contributed by atoms with E-state index in [9.17, 15) is 14.4 Å². The average Bonchev–Trinajstić information content (AvgIpc) is 3.15. The number of carbonyl (C=O) groups is 3. The van der Waals surface area contributed by atoms with Crippen LogP contribution in [0.2, 0.25) is 5.02 Å². The highest BCUT2D eigenvalue weighted by atomic mass is 35.5. The highest BCUT2D eigenvalue weighted by Crippen LogP contribution is 2.35. The summed E-state index contributed by atoms with van der Waals surface area (Å²) >= 11 is 5.93. The van der Waals surface area contributed by atoms with Crippen LogP contribution in [0.1, 0.15) is 44.1 Å². The van der Waals surface area contributed by atoms with E-state index in [1.807, 2.05) is 6.07 Å². The molecule has 3 rings (SSSR count). The molecule has 0 unspecified atom stereocenters. The number of anilines is 1. The Bertz CT molecular complexity index is 796. The molecular formula is C18H19ClN4O3.